The first kappa shape index (κ1) is 15.2. The molecule has 0 bridgehead atoms. The molecule has 0 aromatic heterocycles. The van der Waals surface area contributed by atoms with Gasteiger partial charge in [0.2, 0.25) is 5.91 Å². The maximum Gasteiger partial charge on any atom is 0.226 e. The van der Waals surface area contributed by atoms with Crippen molar-refractivity contribution in [3.8, 4) is 11.8 Å². The predicted octanol–water partition coefficient (Wildman–Crippen LogP) is 1.50. The standard InChI is InChI=1S/C14H17FN2O2/c1-2-19-9-7-14(18)17-12-5-6-13(15)11(10-12)4-3-8-16/h5-6,10H,2,7-9,16H2,1H3,(H,17,18). The SMILES string of the molecule is CCOCCC(=O)Nc1ccc(F)c(C#CCN)c1. The van der Waals surface area contributed by atoms with Crippen molar-refractivity contribution in [2.45, 2.75) is 13.3 Å². The second kappa shape index (κ2) is 8.25. The van der Waals surface area contributed by atoms with Crippen LogP contribution < -0.4 is 11.1 Å². The van der Waals surface area contributed by atoms with Crippen molar-refractivity contribution in [3.63, 3.8) is 0 Å². The molecule has 5 heteroatoms. The van der Waals surface area contributed by atoms with Crippen molar-refractivity contribution in [2.75, 3.05) is 25.1 Å². The van der Waals surface area contributed by atoms with Crippen LogP contribution in [0.4, 0.5) is 10.1 Å². The first-order chi connectivity index (χ1) is 9.17. The van der Waals surface area contributed by atoms with Gasteiger partial charge in [-0.25, -0.2) is 4.39 Å². The maximum absolute atomic E-state index is 13.4. The van der Waals surface area contributed by atoms with Crippen LogP contribution in [0.2, 0.25) is 0 Å². The fourth-order valence-corrected chi connectivity index (χ4v) is 1.38. The van der Waals surface area contributed by atoms with E-state index in [-0.39, 0.29) is 24.4 Å². The van der Waals surface area contributed by atoms with E-state index in [0.717, 1.165) is 0 Å². The lowest BCUT2D eigenvalue weighted by Crippen LogP contribution is -2.14. The van der Waals surface area contributed by atoms with Crippen LogP contribution in [0.3, 0.4) is 0 Å². The summed E-state index contributed by atoms with van der Waals surface area (Å²) in [6.07, 6.45) is 0.259. The van der Waals surface area contributed by atoms with Gasteiger partial charge in [-0.1, -0.05) is 11.8 Å². The zero-order chi connectivity index (χ0) is 14.1. The smallest absolute Gasteiger partial charge is 0.226 e. The Balaban J connectivity index is 2.66. The molecule has 0 spiro atoms. The lowest BCUT2D eigenvalue weighted by Gasteiger charge is -2.06. The molecular weight excluding hydrogens is 247 g/mol. The quantitative estimate of drug-likeness (QED) is 0.625. The topological polar surface area (TPSA) is 64.3 Å². The highest BCUT2D eigenvalue weighted by atomic mass is 19.1. The summed E-state index contributed by atoms with van der Waals surface area (Å²) < 4.78 is 18.5. The van der Waals surface area contributed by atoms with Crippen LogP contribution in [-0.2, 0) is 9.53 Å². The van der Waals surface area contributed by atoms with Crippen LogP contribution in [0.1, 0.15) is 18.9 Å². The number of rotatable bonds is 5. The number of halogens is 1. The second-order valence-electron chi connectivity index (χ2n) is 3.70. The summed E-state index contributed by atoms with van der Waals surface area (Å²) in [5.74, 6) is 4.57. The van der Waals surface area contributed by atoms with E-state index in [4.69, 9.17) is 10.5 Å². The van der Waals surface area contributed by atoms with E-state index in [1.165, 1.54) is 18.2 Å². The van der Waals surface area contributed by atoms with Gasteiger partial charge in [0.05, 0.1) is 25.1 Å². The highest BCUT2D eigenvalue weighted by Gasteiger charge is 2.05. The molecular formula is C14H17FN2O2. The molecule has 1 amide bonds. The van der Waals surface area contributed by atoms with Gasteiger partial charge >= 0.3 is 0 Å². The Morgan fingerprint density at radius 2 is 2.32 bits per heavy atom. The first-order valence-corrected chi connectivity index (χ1v) is 6.03. The minimum atomic E-state index is -0.437. The predicted molar refractivity (Wildman–Crippen MR) is 72.1 cm³/mol. The van der Waals surface area contributed by atoms with Gasteiger partial charge in [0, 0.05) is 12.3 Å². The minimum Gasteiger partial charge on any atom is -0.381 e. The summed E-state index contributed by atoms with van der Waals surface area (Å²) >= 11 is 0. The number of carbonyl (C=O) groups is 1. The van der Waals surface area contributed by atoms with Gasteiger partial charge in [-0.3, -0.25) is 4.79 Å². The van der Waals surface area contributed by atoms with Crippen LogP contribution in [0.5, 0.6) is 0 Å². The van der Waals surface area contributed by atoms with E-state index in [2.05, 4.69) is 17.2 Å². The fraction of sp³-hybridized carbons (Fsp3) is 0.357. The third-order valence-electron chi connectivity index (χ3n) is 2.25. The van der Waals surface area contributed by atoms with Gasteiger partial charge in [0.25, 0.3) is 0 Å². The molecule has 1 rings (SSSR count). The molecule has 0 saturated carbocycles. The van der Waals surface area contributed by atoms with Crippen molar-refractivity contribution < 1.29 is 13.9 Å². The summed E-state index contributed by atoms with van der Waals surface area (Å²) in [6.45, 7) is 2.96. The van der Waals surface area contributed by atoms with Crippen LogP contribution in [0.25, 0.3) is 0 Å². The van der Waals surface area contributed by atoms with E-state index in [0.29, 0.717) is 18.9 Å². The molecule has 3 N–H and O–H groups in total. The van der Waals surface area contributed by atoms with E-state index in [1.54, 1.807) is 0 Å². The van der Waals surface area contributed by atoms with Gasteiger partial charge in [0.1, 0.15) is 5.82 Å². The van der Waals surface area contributed by atoms with Gasteiger partial charge in [-0.2, -0.15) is 0 Å². The summed E-state index contributed by atoms with van der Waals surface area (Å²) in [7, 11) is 0. The highest BCUT2D eigenvalue weighted by Crippen LogP contribution is 2.14. The third kappa shape index (κ3) is 5.51. The molecule has 102 valence electrons. The van der Waals surface area contributed by atoms with Gasteiger partial charge in [0.15, 0.2) is 0 Å². The minimum absolute atomic E-state index is 0.157. The summed E-state index contributed by atoms with van der Waals surface area (Å²) in [5, 5.41) is 2.66. The molecule has 0 heterocycles. The number of benzene rings is 1. The first-order valence-electron chi connectivity index (χ1n) is 6.03. The normalized spacial score (nSPS) is 9.63. The number of nitrogens with two attached hydrogens (primary N) is 1. The van der Waals surface area contributed by atoms with Crippen molar-refractivity contribution >= 4 is 11.6 Å². The van der Waals surface area contributed by atoms with Crippen LogP contribution in [-0.4, -0.2) is 25.7 Å². The fourth-order valence-electron chi connectivity index (χ4n) is 1.38. The van der Waals surface area contributed by atoms with E-state index >= 15 is 0 Å². The van der Waals surface area contributed by atoms with Crippen LogP contribution in [0, 0.1) is 17.7 Å². The van der Waals surface area contributed by atoms with Crippen molar-refractivity contribution in [3.05, 3.63) is 29.6 Å². The molecule has 1 aromatic rings. The molecule has 0 unspecified atom stereocenters. The van der Waals surface area contributed by atoms with Gasteiger partial charge < -0.3 is 15.8 Å². The lowest BCUT2D eigenvalue weighted by atomic mass is 10.2. The number of ether oxygens (including phenoxy) is 1. The Bertz CT molecular complexity index is 492. The molecule has 1 aromatic carbocycles. The van der Waals surface area contributed by atoms with Crippen molar-refractivity contribution in [2.24, 2.45) is 5.73 Å². The van der Waals surface area contributed by atoms with E-state index in [9.17, 15) is 9.18 Å². The van der Waals surface area contributed by atoms with Gasteiger partial charge in [-0.15, -0.1) is 0 Å². The number of nitrogens with one attached hydrogen (secondary N) is 1. The van der Waals surface area contributed by atoms with Crippen molar-refractivity contribution in [1.29, 1.82) is 0 Å². The molecule has 4 nitrogen and oxygen atoms in total. The van der Waals surface area contributed by atoms with Crippen molar-refractivity contribution in [1.82, 2.24) is 0 Å². The van der Waals surface area contributed by atoms with E-state index < -0.39 is 5.82 Å². The molecule has 0 aliphatic heterocycles. The Morgan fingerprint density at radius 3 is 3.00 bits per heavy atom. The van der Waals surface area contributed by atoms with E-state index in [1.807, 2.05) is 6.92 Å². The Hall–Kier alpha value is -1.90. The zero-order valence-corrected chi connectivity index (χ0v) is 10.8. The number of hydrogen-bond acceptors (Lipinski definition) is 3. The molecule has 19 heavy (non-hydrogen) atoms. The highest BCUT2D eigenvalue weighted by molar-refractivity contribution is 5.90. The molecule has 0 aliphatic carbocycles. The van der Waals surface area contributed by atoms with Crippen LogP contribution in [0.15, 0.2) is 18.2 Å². The number of carbonyl (C=O) groups excluding carboxylic acids is 1. The summed E-state index contributed by atoms with van der Waals surface area (Å²) in [5.41, 5.74) is 5.95. The van der Waals surface area contributed by atoms with Gasteiger partial charge in [-0.05, 0) is 25.1 Å². The molecule has 0 fully saturated rings. The molecule has 0 radical (unpaired) electrons. The monoisotopic (exact) mass is 264 g/mol. The summed E-state index contributed by atoms with van der Waals surface area (Å²) in [6, 6.07) is 4.23. The molecule has 0 atom stereocenters. The Morgan fingerprint density at radius 1 is 1.53 bits per heavy atom. The maximum atomic E-state index is 13.4. The lowest BCUT2D eigenvalue weighted by molar-refractivity contribution is -0.117. The Labute approximate surface area is 112 Å². The summed E-state index contributed by atoms with van der Waals surface area (Å²) in [4.78, 5) is 11.6. The number of hydrogen-bond donors (Lipinski definition) is 2. The van der Waals surface area contributed by atoms with Crippen LogP contribution >= 0.6 is 0 Å². The Kier molecular flexibility index (Phi) is 6.58. The largest absolute Gasteiger partial charge is 0.381 e. The number of amides is 1. The number of anilines is 1. The third-order valence-corrected chi connectivity index (χ3v) is 2.25. The average Bonchev–Trinajstić information content (AvgIpc) is 2.39. The second-order valence-corrected chi connectivity index (χ2v) is 3.70. The molecule has 0 saturated heterocycles. The molecule has 0 aliphatic rings. The average molecular weight is 264 g/mol. The zero-order valence-electron chi connectivity index (χ0n) is 10.8.